The van der Waals surface area contributed by atoms with Crippen LogP contribution in [0, 0.1) is 18.2 Å². The van der Waals surface area contributed by atoms with Gasteiger partial charge in [0.1, 0.15) is 18.2 Å². The zero-order chi connectivity index (χ0) is 13.7. The largest absolute Gasteiger partial charge is 0.481 e. The highest BCUT2D eigenvalue weighted by atomic mass is 19.1. The number of methoxy groups -OCH3 is 1. The molecule has 102 valence electrons. The van der Waals surface area contributed by atoms with Gasteiger partial charge in [-0.3, -0.25) is 0 Å². The van der Waals surface area contributed by atoms with Crippen LogP contribution >= 0.6 is 0 Å². The first kappa shape index (κ1) is 13.9. The summed E-state index contributed by atoms with van der Waals surface area (Å²) in [6.07, 6.45) is 6.53. The van der Waals surface area contributed by atoms with Crippen LogP contribution in [0.1, 0.15) is 18.4 Å². The van der Waals surface area contributed by atoms with E-state index in [9.17, 15) is 4.39 Å². The lowest BCUT2D eigenvalue weighted by Gasteiger charge is -2.36. The van der Waals surface area contributed by atoms with Gasteiger partial charge >= 0.3 is 0 Å². The van der Waals surface area contributed by atoms with Gasteiger partial charge < -0.3 is 14.2 Å². The van der Waals surface area contributed by atoms with E-state index in [1.54, 1.807) is 13.2 Å². The predicted molar refractivity (Wildman–Crippen MR) is 69.5 cm³/mol. The molecule has 2 rings (SSSR count). The van der Waals surface area contributed by atoms with E-state index in [1.807, 2.05) is 0 Å². The van der Waals surface area contributed by atoms with Crippen LogP contribution in [0.5, 0.6) is 5.75 Å². The minimum atomic E-state index is -0.505. The molecule has 0 spiro atoms. The van der Waals surface area contributed by atoms with Crippen LogP contribution in [0.3, 0.4) is 0 Å². The van der Waals surface area contributed by atoms with E-state index in [1.165, 1.54) is 12.1 Å². The van der Waals surface area contributed by atoms with Gasteiger partial charge in [0.2, 0.25) is 0 Å². The number of hydrogen-bond acceptors (Lipinski definition) is 3. The molecule has 0 radical (unpaired) electrons. The van der Waals surface area contributed by atoms with Gasteiger partial charge in [0, 0.05) is 39.2 Å². The number of benzene rings is 1. The molecule has 0 unspecified atom stereocenters. The SMILES string of the molecule is C#CCOc1cc(F)cc(C2(OC)CCOCC2)c1. The fraction of sp³-hybridized carbons (Fsp3) is 0.467. The van der Waals surface area contributed by atoms with E-state index in [0.717, 1.165) is 5.56 Å². The third kappa shape index (κ3) is 3.06. The maximum Gasteiger partial charge on any atom is 0.148 e. The summed E-state index contributed by atoms with van der Waals surface area (Å²) in [7, 11) is 1.64. The van der Waals surface area contributed by atoms with Gasteiger partial charge in [-0.05, 0) is 17.7 Å². The summed E-state index contributed by atoms with van der Waals surface area (Å²) in [5, 5.41) is 0. The smallest absolute Gasteiger partial charge is 0.148 e. The van der Waals surface area contributed by atoms with E-state index < -0.39 is 5.60 Å². The molecule has 0 atom stereocenters. The summed E-state index contributed by atoms with van der Waals surface area (Å²) in [6, 6.07) is 4.59. The van der Waals surface area contributed by atoms with Crippen LogP contribution in [0.4, 0.5) is 4.39 Å². The minimum absolute atomic E-state index is 0.117. The van der Waals surface area contributed by atoms with Crippen molar-refractivity contribution in [1.29, 1.82) is 0 Å². The highest BCUT2D eigenvalue weighted by Gasteiger charge is 2.35. The van der Waals surface area contributed by atoms with Gasteiger partial charge in [-0.2, -0.15) is 0 Å². The lowest BCUT2D eigenvalue weighted by Crippen LogP contribution is -2.35. The van der Waals surface area contributed by atoms with Crippen LogP contribution in [0.25, 0.3) is 0 Å². The Morgan fingerprint density at radius 1 is 1.37 bits per heavy atom. The molecule has 1 fully saturated rings. The highest BCUT2D eigenvalue weighted by molar-refractivity contribution is 5.34. The van der Waals surface area contributed by atoms with E-state index in [4.69, 9.17) is 20.6 Å². The quantitative estimate of drug-likeness (QED) is 0.782. The summed E-state index contributed by atoms with van der Waals surface area (Å²) in [5.74, 6) is 2.43. The number of hydrogen-bond donors (Lipinski definition) is 0. The summed E-state index contributed by atoms with van der Waals surface area (Å²) in [5.41, 5.74) is 0.263. The lowest BCUT2D eigenvalue weighted by atomic mass is 9.86. The van der Waals surface area contributed by atoms with E-state index in [-0.39, 0.29) is 12.4 Å². The third-order valence-corrected chi connectivity index (χ3v) is 3.41. The van der Waals surface area contributed by atoms with Crippen molar-refractivity contribution in [2.75, 3.05) is 26.9 Å². The standard InChI is InChI=1S/C15H17FO3/c1-3-6-19-14-10-12(9-13(16)11-14)15(17-2)4-7-18-8-5-15/h1,9-11H,4-8H2,2H3. The first-order chi connectivity index (χ1) is 9.20. The predicted octanol–water partition coefficient (Wildman–Crippen LogP) is 2.49. The van der Waals surface area contributed by atoms with E-state index in [2.05, 4.69) is 5.92 Å². The Kier molecular flexibility index (Phi) is 4.41. The zero-order valence-corrected chi connectivity index (χ0v) is 10.9. The molecule has 0 aliphatic carbocycles. The molecule has 4 heteroatoms. The van der Waals surface area contributed by atoms with Gasteiger partial charge in [0.05, 0.1) is 5.60 Å². The first-order valence-corrected chi connectivity index (χ1v) is 6.20. The van der Waals surface area contributed by atoms with Gasteiger partial charge in [-0.1, -0.05) is 5.92 Å². The minimum Gasteiger partial charge on any atom is -0.481 e. The summed E-state index contributed by atoms with van der Waals surface area (Å²) in [6.45, 7) is 1.32. The van der Waals surface area contributed by atoms with Crippen molar-refractivity contribution in [3.8, 4) is 18.1 Å². The summed E-state index contributed by atoms with van der Waals surface area (Å²) >= 11 is 0. The van der Waals surface area contributed by atoms with E-state index >= 15 is 0 Å². The van der Waals surface area contributed by atoms with Gasteiger partial charge in [-0.25, -0.2) is 4.39 Å². The molecular weight excluding hydrogens is 247 g/mol. The second-order valence-electron chi connectivity index (χ2n) is 4.48. The Labute approximate surface area is 112 Å². The van der Waals surface area contributed by atoms with Crippen LogP contribution < -0.4 is 4.74 Å². The molecule has 1 aliphatic rings. The van der Waals surface area contributed by atoms with E-state index in [0.29, 0.717) is 31.8 Å². The Morgan fingerprint density at radius 2 is 2.11 bits per heavy atom. The molecule has 0 amide bonds. The second-order valence-corrected chi connectivity index (χ2v) is 4.48. The van der Waals surface area contributed by atoms with Crippen molar-refractivity contribution in [3.63, 3.8) is 0 Å². The average molecular weight is 264 g/mol. The average Bonchev–Trinajstić information content (AvgIpc) is 2.45. The van der Waals surface area contributed by atoms with Crippen LogP contribution in [-0.2, 0) is 15.1 Å². The molecule has 3 nitrogen and oxygen atoms in total. The monoisotopic (exact) mass is 264 g/mol. The van der Waals surface area contributed by atoms with Crippen molar-refractivity contribution in [2.24, 2.45) is 0 Å². The number of rotatable bonds is 4. The van der Waals surface area contributed by atoms with Crippen LogP contribution in [-0.4, -0.2) is 26.9 Å². The van der Waals surface area contributed by atoms with Crippen molar-refractivity contribution in [3.05, 3.63) is 29.6 Å². The van der Waals surface area contributed by atoms with Gasteiger partial charge in [0.15, 0.2) is 0 Å². The molecule has 0 aromatic heterocycles. The highest BCUT2D eigenvalue weighted by Crippen LogP contribution is 2.37. The molecule has 1 aromatic carbocycles. The van der Waals surface area contributed by atoms with Crippen molar-refractivity contribution < 1.29 is 18.6 Å². The van der Waals surface area contributed by atoms with Crippen molar-refractivity contribution >= 4 is 0 Å². The Bertz CT molecular complexity index is 473. The summed E-state index contributed by atoms with van der Waals surface area (Å²) < 4.78 is 30.0. The number of ether oxygens (including phenoxy) is 3. The molecule has 0 bridgehead atoms. The first-order valence-electron chi connectivity index (χ1n) is 6.20. The molecule has 1 aliphatic heterocycles. The molecule has 0 saturated carbocycles. The number of halogens is 1. The molecule has 1 heterocycles. The van der Waals surface area contributed by atoms with Gasteiger partial charge in [0.25, 0.3) is 0 Å². The topological polar surface area (TPSA) is 27.7 Å². The Hall–Kier alpha value is -1.57. The van der Waals surface area contributed by atoms with Crippen molar-refractivity contribution in [1.82, 2.24) is 0 Å². The molecule has 0 N–H and O–H groups in total. The number of terminal acetylenes is 1. The Balaban J connectivity index is 2.31. The molecule has 1 aromatic rings. The second kappa shape index (κ2) is 6.05. The normalized spacial score (nSPS) is 17.7. The van der Waals surface area contributed by atoms with Crippen LogP contribution in [0.2, 0.25) is 0 Å². The molecular formula is C15H17FO3. The fourth-order valence-corrected chi connectivity index (χ4v) is 2.35. The fourth-order valence-electron chi connectivity index (χ4n) is 2.35. The maximum absolute atomic E-state index is 13.7. The maximum atomic E-state index is 13.7. The molecule has 1 saturated heterocycles. The van der Waals surface area contributed by atoms with Gasteiger partial charge in [-0.15, -0.1) is 6.42 Å². The lowest BCUT2D eigenvalue weighted by molar-refractivity contribution is -0.0950. The summed E-state index contributed by atoms with van der Waals surface area (Å²) in [4.78, 5) is 0. The zero-order valence-electron chi connectivity index (χ0n) is 10.9. The van der Waals surface area contributed by atoms with Crippen LogP contribution in [0.15, 0.2) is 18.2 Å². The third-order valence-electron chi connectivity index (χ3n) is 3.41. The molecule has 19 heavy (non-hydrogen) atoms. The Morgan fingerprint density at radius 3 is 2.74 bits per heavy atom. The van der Waals surface area contributed by atoms with Crippen molar-refractivity contribution in [2.45, 2.75) is 18.4 Å².